The lowest BCUT2D eigenvalue weighted by molar-refractivity contribution is 0.0657. The van der Waals surface area contributed by atoms with Crippen molar-refractivity contribution < 1.29 is 9.84 Å². The molecule has 0 bridgehead atoms. The van der Waals surface area contributed by atoms with E-state index < -0.39 is 0 Å². The Labute approximate surface area is 156 Å². The van der Waals surface area contributed by atoms with Gasteiger partial charge in [0.05, 0.1) is 13.2 Å². The fourth-order valence-corrected chi connectivity index (χ4v) is 3.88. The zero-order valence-corrected chi connectivity index (χ0v) is 15.8. The van der Waals surface area contributed by atoms with Crippen LogP contribution in [-0.4, -0.2) is 29.8 Å². The highest BCUT2D eigenvalue weighted by Crippen LogP contribution is 2.56. The van der Waals surface area contributed by atoms with E-state index in [2.05, 4.69) is 47.9 Å². The summed E-state index contributed by atoms with van der Waals surface area (Å²) in [5.41, 5.74) is 2.47. The second kappa shape index (κ2) is 8.07. The van der Waals surface area contributed by atoms with Gasteiger partial charge in [0, 0.05) is 25.0 Å². The summed E-state index contributed by atoms with van der Waals surface area (Å²) in [5.74, 6) is 1.27. The minimum absolute atomic E-state index is 0.0665. The quantitative estimate of drug-likeness (QED) is 0.685. The Balaban J connectivity index is 1.78. The average molecular weight is 351 g/mol. The fraction of sp³-hybridized carbons (Fsp3) is 0.391. The maximum absolute atomic E-state index is 10.4. The van der Waals surface area contributed by atoms with Crippen molar-refractivity contribution in [3.63, 3.8) is 0 Å². The van der Waals surface area contributed by atoms with Crippen LogP contribution in [0.1, 0.15) is 24.5 Å². The Morgan fingerprint density at radius 2 is 1.77 bits per heavy atom. The standard InChI is InChI=1S/C23H29NO2/c1-4-21-14-23(21,18(2)25)17-24(15-19-8-6-5-7-9-19)16-20-10-12-22(26-3)13-11-20/h4-13,18,21,25H,1,14-17H2,2-3H3. The molecule has 0 spiro atoms. The summed E-state index contributed by atoms with van der Waals surface area (Å²) in [6, 6.07) is 18.8. The van der Waals surface area contributed by atoms with Gasteiger partial charge in [-0.15, -0.1) is 6.58 Å². The first-order valence-electron chi connectivity index (χ1n) is 9.27. The number of aliphatic hydroxyl groups is 1. The van der Waals surface area contributed by atoms with Crippen LogP contribution < -0.4 is 4.74 Å². The number of hydrogen-bond acceptors (Lipinski definition) is 3. The van der Waals surface area contributed by atoms with E-state index in [0.717, 1.165) is 31.8 Å². The number of rotatable bonds is 9. The topological polar surface area (TPSA) is 32.7 Å². The van der Waals surface area contributed by atoms with Crippen molar-refractivity contribution in [1.82, 2.24) is 4.90 Å². The molecule has 0 amide bonds. The molecule has 3 rings (SSSR count). The molecule has 0 radical (unpaired) electrons. The maximum atomic E-state index is 10.4. The molecule has 0 saturated heterocycles. The van der Waals surface area contributed by atoms with Gasteiger partial charge in [-0.05, 0) is 42.5 Å². The van der Waals surface area contributed by atoms with Gasteiger partial charge in [-0.2, -0.15) is 0 Å². The second-order valence-corrected chi connectivity index (χ2v) is 7.43. The van der Waals surface area contributed by atoms with Crippen LogP contribution in [0.4, 0.5) is 0 Å². The Morgan fingerprint density at radius 3 is 2.27 bits per heavy atom. The largest absolute Gasteiger partial charge is 0.497 e. The molecule has 1 aliphatic rings. The average Bonchev–Trinajstić information content (AvgIpc) is 3.37. The lowest BCUT2D eigenvalue weighted by Crippen LogP contribution is -2.36. The SMILES string of the molecule is C=CC1CC1(CN(Cc1ccccc1)Cc1ccc(OC)cc1)C(C)O. The maximum Gasteiger partial charge on any atom is 0.118 e. The zero-order valence-electron chi connectivity index (χ0n) is 15.8. The minimum atomic E-state index is -0.334. The van der Waals surface area contributed by atoms with Crippen LogP contribution in [-0.2, 0) is 13.1 Å². The highest BCUT2D eigenvalue weighted by atomic mass is 16.5. The second-order valence-electron chi connectivity index (χ2n) is 7.43. The first kappa shape index (κ1) is 18.7. The Kier molecular flexibility index (Phi) is 5.80. The van der Waals surface area contributed by atoms with Gasteiger partial charge in [0.25, 0.3) is 0 Å². The van der Waals surface area contributed by atoms with Crippen LogP contribution in [0.3, 0.4) is 0 Å². The molecule has 1 saturated carbocycles. The monoisotopic (exact) mass is 351 g/mol. The van der Waals surface area contributed by atoms with Gasteiger partial charge in [-0.3, -0.25) is 4.90 Å². The molecule has 1 fully saturated rings. The van der Waals surface area contributed by atoms with Crippen molar-refractivity contribution in [1.29, 1.82) is 0 Å². The van der Waals surface area contributed by atoms with Crippen molar-refractivity contribution >= 4 is 0 Å². The third kappa shape index (κ3) is 4.17. The van der Waals surface area contributed by atoms with Crippen LogP contribution in [0.2, 0.25) is 0 Å². The van der Waals surface area contributed by atoms with Gasteiger partial charge in [0.1, 0.15) is 5.75 Å². The van der Waals surface area contributed by atoms with Gasteiger partial charge in [-0.25, -0.2) is 0 Å². The molecule has 3 atom stereocenters. The molecule has 0 heterocycles. The van der Waals surface area contributed by atoms with E-state index in [-0.39, 0.29) is 11.5 Å². The van der Waals surface area contributed by atoms with Crippen molar-refractivity contribution in [3.8, 4) is 5.75 Å². The lowest BCUT2D eigenvalue weighted by atomic mass is 9.95. The smallest absolute Gasteiger partial charge is 0.118 e. The molecule has 3 heteroatoms. The van der Waals surface area contributed by atoms with Gasteiger partial charge < -0.3 is 9.84 Å². The number of aliphatic hydroxyl groups excluding tert-OH is 1. The molecule has 0 aromatic heterocycles. The molecule has 138 valence electrons. The summed E-state index contributed by atoms with van der Waals surface area (Å²) in [7, 11) is 1.69. The lowest BCUT2D eigenvalue weighted by Gasteiger charge is -2.30. The van der Waals surface area contributed by atoms with E-state index in [4.69, 9.17) is 4.74 Å². The van der Waals surface area contributed by atoms with Gasteiger partial charge in [0.15, 0.2) is 0 Å². The van der Waals surface area contributed by atoms with E-state index in [9.17, 15) is 5.11 Å². The van der Waals surface area contributed by atoms with Crippen LogP contribution in [0, 0.1) is 11.3 Å². The summed E-state index contributed by atoms with van der Waals surface area (Å²) in [6.07, 6.45) is 2.68. The molecule has 2 aromatic carbocycles. The third-order valence-corrected chi connectivity index (χ3v) is 5.63. The molecule has 3 unspecified atom stereocenters. The molecule has 1 aliphatic carbocycles. The summed E-state index contributed by atoms with van der Waals surface area (Å²) >= 11 is 0. The number of nitrogens with zero attached hydrogens (tertiary/aromatic N) is 1. The van der Waals surface area contributed by atoms with Gasteiger partial charge in [0.2, 0.25) is 0 Å². The Morgan fingerprint density at radius 1 is 1.15 bits per heavy atom. The number of hydrogen-bond donors (Lipinski definition) is 1. The van der Waals surface area contributed by atoms with E-state index in [1.54, 1.807) is 7.11 Å². The zero-order chi connectivity index (χ0) is 18.6. The number of methoxy groups -OCH3 is 1. The van der Waals surface area contributed by atoms with E-state index in [1.807, 2.05) is 31.2 Å². The summed E-state index contributed by atoms with van der Waals surface area (Å²) in [5, 5.41) is 10.4. The van der Waals surface area contributed by atoms with E-state index in [0.29, 0.717) is 5.92 Å². The number of ether oxygens (including phenoxy) is 1. The highest BCUT2D eigenvalue weighted by Gasteiger charge is 2.56. The molecule has 1 N–H and O–H groups in total. The Bertz CT molecular complexity index is 711. The minimum Gasteiger partial charge on any atom is -0.497 e. The summed E-state index contributed by atoms with van der Waals surface area (Å²) in [6.45, 7) is 8.44. The van der Waals surface area contributed by atoms with Crippen molar-refractivity contribution in [2.24, 2.45) is 11.3 Å². The first-order valence-corrected chi connectivity index (χ1v) is 9.27. The molecule has 26 heavy (non-hydrogen) atoms. The van der Waals surface area contributed by atoms with Crippen LogP contribution in [0.25, 0.3) is 0 Å². The molecular weight excluding hydrogens is 322 g/mol. The van der Waals surface area contributed by atoms with Crippen LogP contribution >= 0.6 is 0 Å². The Hall–Kier alpha value is -2.10. The fourth-order valence-electron chi connectivity index (χ4n) is 3.88. The highest BCUT2D eigenvalue weighted by molar-refractivity contribution is 5.27. The first-order chi connectivity index (χ1) is 12.6. The predicted molar refractivity (Wildman–Crippen MR) is 106 cm³/mol. The predicted octanol–water partition coefficient (Wildman–Crippen LogP) is 4.27. The number of benzene rings is 2. The third-order valence-electron chi connectivity index (χ3n) is 5.63. The van der Waals surface area contributed by atoms with E-state index >= 15 is 0 Å². The van der Waals surface area contributed by atoms with Gasteiger partial charge in [-0.1, -0.05) is 48.5 Å². The molecular formula is C23H29NO2. The normalized spacial score (nSPS) is 22.8. The van der Waals surface area contributed by atoms with Crippen LogP contribution in [0.5, 0.6) is 5.75 Å². The molecule has 0 aliphatic heterocycles. The summed E-state index contributed by atoms with van der Waals surface area (Å²) < 4.78 is 5.26. The van der Waals surface area contributed by atoms with Crippen molar-refractivity contribution in [2.45, 2.75) is 32.5 Å². The van der Waals surface area contributed by atoms with E-state index in [1.165, 1.54) is 11.1 Å². The molecule has 3 nitrogen and oxygen atoms in total. The summed E-state index contributed by atoms with van der Waals surface area (Å²) in [4.78, 5) is 2.44. The van der Waals surface area contributed by atoms with Gasteiger partial charge >= 0.3 is 0 Å². The van der Waals surface area contributed by atoms with Crippen molar-refractivity contribution in [2.75, 3.05) is 13.7 Å². The number of allylic oxidation sites excluding steroid dienone is 1. The van der Waals surface area contributed by atoms with Crippen LogP contribution in [0.15, 0.2) is 67.3 Å². The molecule has 2 aromatic rings. The van der Waals surface area contributed by atoms with Crippen molar-refractivity contribution in [3.05, 3.63) is 78.4 Å².